The number of benzene rings is 1. The normalized spacial score (nSPS) is 10.6. The number of hydrogen-bond acceptors (Lipinski definition) is 3. The highest BCUT2D eigenvalue weighted by Crippen LogP contribution is 2.19. The van der Waals surface area contributed by atoms with E-state index in [1.165, 1.54) is 0 Å². The summed E-state index contributed by atoms with van der Waals surface area (Å²) >= 11 is 0. The van der Waals surface area contributed by atoms with Crippen molar-refractivity contribution >= 4 is 11.6 Å². The molecule has 0 saturated heterocycles. The number of hydrazine groups is 1. The average Bonchev–Trinajstić information content (AvgIpc) is 2.53. The summed E-state index contributed by atoms with van der Waals surface area (Å²) in [5, 5.41) is 3.74. The van der Waals surface area contributed by atoms with E-state index in [9.17, 15) is 4.79 Å². The van der Waals surface area contributed by atoms with Crippen LogP contribution in [0.1, 0.15) is 24.2 Å². The molecular formula is C16H19N3O. The molecule has 1 aromatic heterocycles. The van der Waals surface area contributed by atoms with Gasteiger partial charge in [0.2, 0.25) is 0 Å². The number of nitrogens with zero attached hydrogens (tertiary/aromatic N) is 3. The van der Waals surface area contributed by atoms with Crippen LogP contribution < -0.4 is 5.01 Å². The molecule has 2 rings (SSSR count). The molecule has 1 amide bonds. The van der Waals surface area contributed by atoms with Gasteiger partial charge >= 0.3 is 0 Å². The molecule has 0 saturated carbocycles. The predicted octanol–water partition coefficient (Wildman–Crippen LogP) is 2.99. The van der Waals surface area contributed by atoms with Crippen molar-refractivity contribution in [2.75, 3.05) is 18.1 Å². The van der Waals surface area contributed by atoms with Crippen LogP contribution in [0, 0.1) is 0 Å². The molecule has 1 aromatic carbocycles. The van der Waals surface area contributed by atoms with Gasteiger partial charge in [-0.3, -0.25) is 9.78 Å². The van der Waals surface area contributed by atoms with Crippen molar-refractivity contribution in [3.05, 3.63) is 60.4 Å². The Bertz CT molecular complexity index is 538. The summed E-state index contributed by atoms with van der Waals surface area (Å²) in [5.74, 6) is -0.0395. The Labute approximate surface area is 119 Å². The molecule has 0 fully saturated rings. The van der Waals surface area contributed by atoms with Crippen LogP contribution >= 0.6 is 0 Å². The highest BCUT2D eigenvalue weighted by atomic mass is 16.2. The van der Waals surface area contributed by atoms with Gasteiger partial charge in [-0.25, -0.2) is 10.0 Å². The SMILES string of the molecule is CCN(CC)N(C(=O)c1ccncc1)c1ccccc1. The fraction of sp³-hybridized carbons (Fsp3) is 0.250. The first-order valence-electron chi connectivity index (χ1n) is 6.82. The van der Waals surface area contributed by atoms with Gasteiger partial charge in [0.25, 0.3) is 5.91 Å². The minimum atomic E-state index is -0.0395. The average molecular weight is 269 g/mol. The van der Waals surface area contributed by atoms with E-state index in [4.69, 9.17) is 0 Å². The van der Waals surface area contributed by atoms with E-state index in [0.717, 1.165) is 18.8 Å². The lowest BCUT2D eigenvalue weighted by atomic mass is 10.2. The quantitative estimate of drug-likeness (QED) is 0.783. The first kappa shape index (κ1) is 14.2. The maximum absolute atomic E-state index is 12.8. The number of carbonyl (C=O) groups excluding carboxylic acids is 1. The molecule has 4 nitrogen and oxygen atoms in total. The Morgan fingerprint density at radius 1 is 1.00 bits per heavy atom. The zero-order valence-electron chi connectivity index (χ0n) is 11.9. The third-order valence-electron chi connectivity index (χ3n) is 3.13. The van der Waals surface area contributed by atoms with Gasteiger partial charge in [-0.1, -0.05) is 32.0 Å². The van der Waals surface area contributed by atoms with Crippen LogP contribution in [0.4, 0.5) is 5.69 Å². The summed E-state index contributed by atoms with van der Waals surface area (Å²) < 4.78 is 0. The summed E-state index contributed by atoms with van der Waals surface area (Å²) in [6, 6.07) is 13.2. The van der Waals surface area contributed by atoms with Crippen molar-refractivity contribution in [1.29, 1.82) is 0 Å². The van der Waals surface area contributed by atoms with Gasteiger partial charge in [-0.2, -0.15) is 0 Å². The second-order valence-electron chi connectivity index (χ2n) is 4.33. The highest BCUT2D eigenvalue weighted by Gasteiger charge is 2.22. The molecule has 0 bridgehead atoms. The molecule has 104 valence electrons. The lowest BCUT2D eigenvalue weighted by molar-refractivity contribution is 0.0902. The topological polar surface area (TPSA) is 36.4 Å². The molecule has 0 aliphatic rings. The molecule has 0 atom stereocenters. The molecule has 0 aliphatic carbocycles. The van der Waals surface area contributed by atoms with E-state index in [2.05, 4.69) is 4.98 Å². The fourth-order valence-corrected chi connectivity index (χ4v) is 2.10. The van der Waals surface area contributed by atoms with Crippen LogP contribution in [-0.2, 0) is 0 Å². The Hall–Kier alpha value is -2.20. The van der Waals surface area contributed by atoms with Crippen molar-refractivity contribution in [1.82, 2.24) is 9.99 Å². The van der Waals surface area contributed by atoms with Gasteiger partial charge in [0.05, 0.1) is 5.69 Å². The van der Waals surface area contributed by atoms with E-state index < -0.39 is 0 Å². The smallest absolute Gasteiger partial charge is 0.267 e. The Balaban J connectivity index is 2.39. The second-order valence-corrected chi connectivity index (χ2v) is 4.33. The monoisotopic (exact) mass is 269 g/mol. The molecule has 0 spiro atoms. The van der Waals surface area contributed by atoms with Crippen LogP contribution in [0.3, 0.4) is 0 Å². The van der Waals surface area contributed by atoms with Crippen LogP contribution in [0.5, 0.6) is 0 Å². The third kappa shape index (κ3) is 3.03. The molecule has 0 unspecified atom stereocenters. The number of hydrogen-bond donors (Lipinski definition) is 0. The van der Waals surface area contributed by atoms with E-state index in [-0.39, 0.29) is 5.91 Å². The number of pyridine rings is 1. The maximum Gasteiger partial charge on any atom is 0.272 e. The van der Waals surface area contributed by atoms with Gasteiger partial charge in [-0.05, 0) is 24.3 Å². The maximum atomic E-state index is 12.8. The summed E-state index contributed by atoms with van der Waals surface area (Å²) in [6.45, 7) is 5.61. The lowest BCUT2D eigenvalue weighted by Gasteiger charge is -2.33. The number of aromatic nitrogens is 1. The van der Waals surface area contributed by atoms with Crippen molar-refractivity contribution < 1.29 is 4.79 Å². The molecule has 20 heavy (non-hydrogen) atoms. The number of amides is 1. The number of rotatable bonds is 5. The molecule has 0 aliphatic heterocycles. The molecule has 2 aromatic rings. The Kier molecular flexibility index (Phi) is 4.85. The van der Waals surface area contributed by atoms with Crippen molar-refractivity contribution in [2.24, 2.45) is 0 Å². The van der Waals surface area contributed by atoms with Gasteiger partial charge in [0.1, 0.15) is 0 Å². The van der Waals surface area contributed by atoms with Gasteiger partial charge in [0.15, 0.2) is 0 Å². The molecule has 4 heteroatoms. The summed E-state index contributed by atoms with van der Waals surface area (Å²) in [7, 11) is 0. The van der Waals surface area contributed by atoms with Crippen LogP contribution in [-0.4, -0.2) is 29.0 Å². The van der Waals surface area contributed by atoms with E-state index in [0.29, 0.717) is 5.56 Å². The van der Waals surface area contributed by atoms with Gasteiger partial charge in [-0.15, -0.1) is 0 Å². The van der Waals surface area contributed by atoms with Crippen molar-refractivity contribution in [3.8, 4) is 0 Å². The zero-order valence-corrected chi connectivity index (χ0v) is 11.9. The highest BCUT2D eigenvalue weighted by molar-refractivity contribution is 6.05. The second kappa shape index (κ2) is 6.82. The van der Waals surface area contributed by atoms with E-state index in [1.54, 1.807) is 29.5 Å². The largest absolute Gasteiger partial charge is 0.272 e. The summed E-state index contributed by atoms with van der Waals surface area (Å²) in [4.78, 5) is 16.7. The fourth-order valence-electron chi connectivity index (χ4n) is 2.10. The number of anilines is 1. The van der Waals surface area contributed by atoms with E-state index >= 15 is 0 Å². The number of para-hydroxylation sites is 1. The first-order chi connectivity index (χ1) is 9.77. The zero-order chi connectivity index (χ0) is 14.4. The minimum absolute atomic E-state index is 0.0395. The first-order valence-corrected chi connectivity index (χ1v) is 6.82. The standard InChI is InChI=1S/C16H19N3O/c1-3-18(4-2)19(15-8-6-5-7-9-15)16(20)14-10-12-17-13-11-14/h5-13H,3-4H2,1-2H3. The summed E-state index contributed by atoms with van der Waals surface area (Å²) in [6.07, 6.45) is 3.28. The molecule has 1 heterocycles. The minimum Gasteiger partial charge on any atom is -0.267 e. The van der Waals surface area contributed by atoms with Crippen molar-refractivity contribution in [2.45, 2.75) is 13.8 Å². The van der Waals surface area contributed by atoms with E-state index in [1.807, 2.05) is 49.2 Å². The Morgan fingerprint density at radius 3 is 2.15 bits per heavy atom. The van der Waals surface area contributed by atoms with Crippen LogP contribution in [0.25, 0.3) is 0 Å². The van der Waals surface area contributed by atoms with Crippen molar-refractivity contribution in [3.63, 3.8) is 0 Å². The molecular weight excluding hydrogens is 250 g/mol. The van der Waals surface area contributed by atoms with Crippen LogP contribution in [0.2, 0.25) is 0 Å². The van der Waals surface area contributed by atoms with Gasteiger partial charge < -0.3 is 0 Å². The Morgan fingerprint density at radius 2 is 1.60 bits per heavy atom. The summed E-state index contributed by atoms with van der Waals surface area (Å²) in [5.41, 5.74) is 1.51. The third-order valence-corrected chi connectivity index (χ3v) is 3.13. The van der Waals surface area contributed by atoms with Gasteiger partial charge in [0, 0.05) is 31.0 Å². The number of carbonyl (C=O) groups is 1. The lowest BCUT2D eigenvalue weighted by Crippen LogP contribution is -2.46. The van der Waals surface area contributed by atoms with Crippen LogP contribution in [0.15, 0.2) is 54.9 Å². The molecule has 0 radical (unpaired) electrons. The molecule has 0 N–H and O–H groups in total. The predicted molar refractivity (Wildman–Crippen MR) is 80.4 cm³/mol.